The Kier molecular flexibility index (Phi) is 7.30. The molecule has 0 aliphatic carbocycles. The Labute approximate surface area is 211 Å². The lowest BCUT2D eigenvalue weighted by molar-refractivity contribution is -0.133. The lowest BCUT2D eigenvalue weighted by atomic mass is 9.95. The van der Waals surface area contributed by atoms with Gasteiger partial charge in [0.2, 0.25) is 5.91 Å². The standard InChI is InChI=1S/C29H33N5O2/c1-21-19-32-29-28(21)26(11-12-31-29)36-25-9-7-23(8-10-25)24(18-30)17-27(35)34-15-13-33(14-16-34)20-22-5-3-2-4-6-22/h2-12,19,24H,13-18,20,30H2,1H3,(H,31,32). The van der Waals surface area contributed by atoms with Gasteiger partial charge in [-0.25, -0.2) is 4.98 Å². The predicted molar refractivity (Wildman–Crippen MR) is 142 cm³/mol. The molecule has 0 bridgehead atoms. The molecule has 186 valence electrons. The molecule has 5 rings (SSSR count). The summed E-state index contributed by atoms with van der Waals surface area (Å²) in [5, 5.41) is 0.982. The fourth-order valence-electron chi connectivity index (χ4n) is 4.88. The smallest absolute Gasteiger partial charge is 0.223 e. The Balaban J connectivity index is 1.17. The van der Waals surface area contributed by atoms with Crippen LogP contribution in [0.15, 0.2) is 73.1 Å². The minimum absolute atomic E-state index is 0.0200. The normalized spacial score (nSPS) is 15.2. The molecule has 1 amide bonds. The van der Waals surface area contributed by atoms with E-state index in [9.17, 15) is 4.79 Å². The number of carbonyl (C=O) groups excluding carboxylic acids is 1. The molecule has 3 N–H and O–H groups in total. The quantitative estimate of drug-likeness (QED) is 0.387. The largest absolute Gasteiger partial charge is 0.457 e. The van der Waals surface area contributed by atoms with Crippen molar-refractivity contribution in [2.45, 2.75) is 25.8 Å². The molecule has 1 aliphatic rings. The van der Waals surface area contributed by atoms with Gasteiger partial charge in [-0.1, -0.05) is 42.5 Å². The monoisotopic (exact) mass is 483 g/mol. The highest BCUT2D eigenvalue weighted by Crippen LogP contribution is 2.32. The van der Waals surface area contributed by atoms with Crippen LogP contribution in [0.2, 0.25) is 0 Å². The van der Waals surface area contributed by atoms with E-state index in [1.54, 1.807) is 6.20 Å². The highest BCUT2D eigenvalue weighted by Gasteiger charge is 2.24. The molecule has 7 nitrogen and oxygen atoms in total. The van der Waals surface area contributed by atoms with Gasteiger partial charge >= 0.3 is 0 Å². The molecule has 1 aliphatic heterocycles. The lowest BCUT2D eigenvalue weighted by Crippen LogP contribution is -2.48. The summed E-state index contributed by atoms with van der Waals surface area (Å²) in [6.45, 7) is 6.68. The van der Waals surface area contributed by atoms with Crippen LogP contribution in [0.5, 0.6) is 11.5 Å². The summed E-state index contributed by atoms with van der Waals surface area (Å²) in [6.07, 6.45) is 4.09. The molecular formula is C29H33N5O2. The van der Waals surface area contributed by atoms with Crippen LogP contribution in [0.4, 0.5) is 0 Å². The molecule has 7 heteroatoms. The van der Waals surface area contributed by atoms with E-state index in [2.05, 4.69) is 39.1 Å². The number of nitrogens with one attached hydrogen (secondary N) is 1. The zero-order valence-electron chi connectivity index (χ0n) is 20.7. The molecule has 2 aromatic heterocycles. The average Bonchev–Trinajstić information content (AvgIpc) is 3.30. The Morgan fingerprint density at radius 3 is 2.53 bits per heavy atom. The van der Waals surface area contributed by atoms with Gasteiger partial charge in [-0.15, -0.1) is 0 Å². The molecule has 1 fully saturated rings. The maximum atomic E-state index is 13.1. The van der Waals surface area contributed by atoms with E-state index in [0.717, 1.165) is 66.4 Å². The number of benzene rings is 2. The molecule has 1 unspecified atom stereocenters. The second-order valence-electron chi connectivity index (χ2n) is 9.45. The maximum absolute atomic E-state index is 13.1. The summed E-state index contributed by atoms with van der Waals surface area (Å²) in [7, 11) is 0. The molecule has 4 aromatic rings. The van der Waals surface area contributed by atoms with E-state index in [-0.39, 0.29) is 11.8 Å². The first kappa shape index (κ1) is 24.0. The number of amides is 1. The van der Waals surface area contributed by atoms with E-state index >= 15 is 0 Å². The molecule has 0 spiro atoms. The summed E-state index contributed by atoms with van der Waals surface area (Å²) >= 11 is 0. The third kappa shape index (κ3) is 5.42. The van der Waals surface area contributed by atoms with Crippen molar-refractivity contribution in [2.24, 2.45) is 5.73 Å². The molecule has 36 heavy (non-hydrogen) atoms. The van der Waals surface area contributed by atoms with Gasteiger partial charge in [0.05, 0.1) is 5.39 Å². The van der Waals surface area contributed by atoms with Crippen molar-refractivity contribution in [3.8, 4) is 11.5 Å². The minimum atomic E-state index is -0.0200. The van der Waals surface area contributed by atoms with E-state index in [1.165, 1.54) is 5.56 Å². The number of pyridine rings is 1. The number of nitrogens with two attached hydrogens (primary N) is 1. The SMILES string of the molecule is Cc1c[nH]c2nccc(Oc3ccc(C(CN)CC(=O)N4CCN(Cc5ccccc5)CC4)cc3)c12. The molecule has 1 saturated heterocycles. The molecular weight excluding hydrogens is 450 g/mol. The van der Waals surface area contributed by atoms with Crippen LogP contribution in [0.3, 0.4) is 0 Å². The number of aryl methyl sites for hydroxylation is 1. The van der Waals surface area contributed by atoms with Crippen molar-refractivity contribution < 1.29 is 9.53 Å². The third-order valence-electron chi connectivity index (χ3n) is 6.99. The average molecular weight is 484 g/mol. The first-order valence-corrected chi connectivity index (χ1v) is 12.6. The number of piperazine rings is 1. The summed E-state index contributed by atoms with van der Waals surface area (Å²) in [4.78, 5) is 25.0. The van der Waals surface area contributed by atoms with Crippen LogP contribution in [-0.2, 0) is 11.3 Å². The Morgan fingerprint density at radius 2 is 1.81 bits per heavy atom. The Morgan fingerprint density at radius 1 is 1.06 bits per heavy atom. The number of carbonyl (C=O) groups is 1. The van der Waals surface area contributed by atoms with Crippen LogP contribution in [-0.4, -0.2) is 58.4 Å². The molecule has 0 radical (unpaired) electrons. The summed E-state index contributed by atoms with van der Waals surface area (Å²) in [5.41, 5.74) is 10.4. The van der Waals surface area contributed by atoms with Crippen molar-refractivity contribution in [1.29, 1.82) is 0 Å². The number of hydrogen-bond acceptors (Lipinski definition) is 5. The number of hydrogen-bond donors (Lipinski definition) is 2. The fraction of sp³-hybridized carbons (Fsp3) is 0.310. The Hall–Kier alpha value is -3.68. The van der Waals surface area contributed by atoms with Crippen molar-refractivity contribution in [1.82, 2.24) is 19.8 Å². The first-order chi connectivity index (χ1) is 17.6. The van der Waals surface area contributed by atoms with Gasteiger partial charge in [-0.2, -0.15) is 0 Å². The van der Waals surface area contributed by atoms with E-state index < -0.39 is 0 Å². The molecule has 2 aromatic carbocycles. The van der Waals surface area contributed by atoms with Crippen molar-refractivity contribution in [3.05, 3.63) is 89.7 Å². The number of aromatic amines is 1. The van der Waals surface area contributed by atoms with E-state index in [4.69, 9.17) is 10.5 Å². The summed E-state index contributed by atoms with van der Waals surface area (Å²) < 4.78 is 6.16. The second kappa shape index (κ2) is 10.9. The van der Waals surface area contributed by atoms with Gasteiger partial charge in [0.15, 0.2) is 0 Å². The van der Waals surface area contributed by atoms with E-state index in [1.807, 2.05) is 54.4 Å². The van der Waals surface area contributed by atoms with Crippen molar-refractivity contribution >= 4 is 16.9 Å². The van der Waals surface area contributed by atoms with E-state index in [0.29, 0.717) is 13.0 Å². The molecule has 1 atom stereocenters. The van der Waals surface area contributed by atoms with Gasteiger partial charge < -0.3 is 20.4 Å². The van der Waals surface area contributed by atoms with Gasteiger partial charge in [0.1, 0.15) is 17.1 Å². The maximum Gasteiger partial charge on any atom is 0.223 e. The van der Waals surface area contributed by atoms with Gasteiger partial charge in [0.25, 0.3) is 0 Å². The number of H-pyrrole nitrogens is 1. The van der Waals surface area contributed by atoms with Crippen LogP contribution in [0, 0.1) is 6.92 Å². The van der Waals surface area contributed by atoms with Crippen molar-refractivity contribution in [3.63, 3.8) is 0 Å². The van der Waals surface area contributed by atoms with Crippen LogP contribution >= 0.6 is 0 Å². The lowest BCUT2D eigenvalue weighted by Gasteiger charge is -2.35. The Bertz CT molecular complexity index is 1290. The number of aromatic nitrogens is 2. The first-order valence-electron chi connectivity index (χ1n) is 12.6. The summed E-state index contributed by atoms with van der Waals surface area (Å²) in [5.74, 6) is 1.66. The van der Waals surface area contributed by atoms with Crippen LogP contribution < -0.4 is 10.5 Å². The zero-order valence-corrected chi connectivity index (χ0v) is 20.7. The van der Waals surface area contributed by atoms with Gasteiger partial charge in [-0.3, -0.25) is 9.69 Å². The number of nitrogens with zero attached hydrogens (tertiary/aromatic N) is 3. The molecule has 0 saturated carbocycles. The second-order valence-corrected chi connectivity index (χ2v) is 9.45. The molecule has 3 heterocycles. The predicted octanol–water partition coefficient (Wildman–Crippen LogP) is 4.44. The minimum Gasteiger partial charge on any atom is -0.457 e. The highest BCUT2D eigenvalue weighted by molar-refractivity contribution is 5.86. The topological polar surface area (TPSA) is 87.5 Å². The fourth-order valence-corrected chi connectivity index (χ4v) is 4.88. The number of rotatable bonds is 8. The number of ether oxygens (including phenoxy) is 1. The van der Waals surface area contributed by atoms with Gasteiger partial charge in [0, 0.05) is 57.5 Å². The van der Waals surface area contributed by atoms with Gasteiger partial charge in [-0.05, 0) is 48.4 Å². The van der Waals surface area contributed by atoms with Crippen LogP contribution in [0.25, 0.3) is 11.0 Å². The summed E-state index contributed by atoms with van der Waals surface area (Å²) in [6, 6.07) is 20.3. The third-order valence-corrected chi connectivity index (χ3v) is 6.99. The zero-order chi connectivity index (χ0) is 24.9. The van der Waals surface area contributed by atoms with Crippen LogP contribution in [0.1, 0.15) is 29.0 Å². The van der Waals surface area contributed by atoms with Crippen molar-refractivity contribution in [2.75, 3.05) is 32.7 Å². The number of fused-ring (bicyclic) bond motifs is 1. The highest BCUT2D eigenvalue weighted by atomic mass is 16.5.